The lowest BCUT2D eigenvalue weighted by Crippen LogP contribution is -1.84. The van der Waals surface area contributed by atoms with Crippen molar-refractivity contribution in [3.8, 4) is 0 Å². The van der Waals surface area contributed by atoms with Gasteiger partial charge in [-0.15, -0.1) is 0 Å². The van der Waals surface area contributed by atoms with Crippen molar-refractivity contribution in [1.82, 2.24) is 0 Å². The van der Waals surface area contributed by atoms with Crippen LogP contribution in [0.15, 0.2) is 151 Å². The Morgan fingerprint density at radius 2 is 0.323 bits per heavy atom. The fraction of sp³-hybridized carbons (Fsp3) is 0.585. The van der Waals surface area contributed by atoms with Crippen LogP contribution in [0.25, 0.3) is 0 Å². The van der Waals surface area contributed by atoms with Crippen molar-refractivity contribution in [2.24, 2.45) is 0 Å². The average Bonchev–Trinajstić information content (AvgIpc) is 3.23. The van der Waals surface area contributed by atoms with Crippen LogP contribution in [0.4, 0.5) is 0 Å². The molecule has 0 heteroatoms. The minimum atomic E-state index is 1.13. The van der Waals surface area contributed by atoms with Gasteiger partial charge >= 0.3 is 0 Å². The molecule has 1 radical (unpaired) electrons. The van der Waals surface area contributed by atoms with Gasteiger partial charge in [0.25, 0.3) is 0 Å². The fourth-order valence-electron chi connectivity index (χ4n) is 7.82. The maximum atomic E-state index is 3.86. The van der Waals surface area contributed by atoms with E-state index in [-0.39, 0.29) is 0 Å². The number of hydrogen-bond donors (Lipinski definition) is 0. The van der Waals surface area contributed by atoms with Gasteiger partial charge in [-0.3, -0.25) is 0 Å². The summed E-state index contributed by atoms with van der Waals surface area (Å²) in [7, 11) is 0. The number of rotatable bonds is 36. The lowest BCUT2D eigenvalue weighted by atomic mass is 10.0. The molecule has 0 spiro atoms. The van der Waals surface area contributed by atoms with Crippen molar-refractivity contribution in [2.45, 2.75) is 251 Å². The Kier molecular flexibility index (Phi) is 38.7. The summed E-state index contributed by atoms with van der Waals surface area (Å²) in [4.78, 5) is 0. The Morgan fingerprint density at radius 1 is 0.200 bits per heavy atom. The van der Waals surface area contributed by atoms with E-state index in [9.17, 15) is 0 Å². The summed E-state index contributed by atoms with van der Waals surface area (Å²) in [5, 5.41) is 0. The third-order valence-electron chi connectivity index (χ3n) is 12.8. The van der Waals surface area contributed by atoms with Crippen molar-refractivity contribution < 1.29 is 0 Å². The quantitative estimate of drug-likeness (QED) is 0.0550. The van der Waals surface area contributed by atoms with Crippen LogP contribution in [-0.2, 0) is 0 Å². The number of hydrogen-bond acceptors (Lipinski definition) is 0. The summed E-state index contributed by atoms with van der Waals surface area (Å²) >= 11 is 0. The second-order valence-electron chi connectivity index (χ2n) is 20.4. The molecule has 0 heterocycles. The van der Waals surface area contributed by atoms with Crippen LogP contribution in [0, 0.1) is 6.92 Å². The van der Waals surface area contributed by atoms with Crippen molar-refractivity contribution in [3.05, 3.63) is 158 Å². The second-order valence-corrected chi connectivity index (χ2v) is 20.4. The van der Waals surface area contributed by atoms with Crippen molar-refractivity contribution in [1.29, 1.82) is 0 Å². The highest BCUT2D eigenvalue weighted by molar-refractivity contribution is 5.12. The monoisotopic (exact) mass is 886 g/mol. The van der Waals surface area contributed by atoms with Gasteiger partial charge in [0.15, 0.2) is 0 Å². The molecule has 0 rings (SSSR count). The van der Waals surface area contributed by atoms with Gasteiger partial charge in [-0.2, -0.15) is 0 Å². The zero-order valence-corrected chi connectivity index (χ0v) is 45.7. The minimum absolute atomic E-state index is 1.13. The molecular weight excluding hydrogens is 781 g/mol. The van der Waals surface area contributed by atoms with E-state index < -0.39 is 0 Å². The third-order valence-corrected chi connectivity index (χ3v) is 12.8. The van der Waals surface area contributed by atoms with Crippen molar-refractivity contribution in [3.63, 3.8) is 0 Å². The van der Waals surface area contributed by atoms with Gasteiger partial charge in [0.2, 0.25) is 0 Å². The van der Waals surface area contributed by atoms with Gasteiger partial charge in [-0.05, 0) is 258 Å². The molecule has 0 aliphatic heterocycles. The summed E-state index contributed by atoms with van der Waals surface area (Å²) < 4.78 is 0. The topological polar surface area (TPSA) is 0 Å². The smallest absolute Gasteiger partial charge is 0.0288 e. The molecule has 0 saturated heterocycles. The first-order valence-electron chi connectivity index (χ1n) is 26.3. The van der Waals surface area contributed by atoms with E-state index in [4.69, 9.17) is 0 Å². The Labute approximate surface area is 407 Å². The average molecular weight is 887 g/mol. The van der Waals surface area contributed by atoms with Gasteiger partial charge < -0.3 is 0 Å². The van der Waals surface area contributed by atoms with Crippen LogP contribution in [0.5, 0.6) is 0 Å². The first-order chi connectivity index (χ1) is 31.0. The molecule has 0 aliphatic carbocycles. The van der Waals surface area contributed by atoms with Crippen molar-refractivity contribution in [2.75, 3.05) is 0 Å². The van der Waals surface area contributed by atoms with Gasteiger partial charge in [0, 0.05) is 0 Å². The molecule has 0 aromatic carbocycles. The largest absolute Gasteiger partial charge is 0.0856 e. The van der Waals surface area contributed by atoms with Gasteiger partial charge in [0.1, 0.15) is 0 Å². The summed E-state index contributed by atoms with van der Waals surface area (Å²) in [6, 6.07) is 0. The normalized spacial score (nSPS) is 15.1. The SMILES string of the molecule is [CH2]/C=C(\C)CC/C=C(\C)CC/C=C(\C)CC/C=C(\C)CC/C=C(\C)CC/C=C(\C)CC/C=C(\C)CC/C=C(\C)CC/C=C(\C)CC/C=C(\C)CC/C=C(\C)CC/C=C(\C)CCC=C(C)C. The first-order valence-corrected chi connectivity index (χ1v) is 26.3. The molecule has 0 aliphatic rings. The number of allylic oxidation sites excluding steroid dienone is 26. The molecule has 0 atom stereocenters. The van der Waals surface area contributed by atoms with E-state index in [1.807, 2.05) is 6.08 Å². The fourth-order valence-corrected chi connectivity index (χ4v) is 7.82. The zero-order valence-electron chi connectivity index (χ0n) is 45.7. The summed E-state index contributed by atoms with van der Waals surface area (Å²) in [5.74, 6) is 0. The van der Waals surface area contributed by atoms with Crippen LogP contribution in [-0.4, -0.2) is 0 Å². The van der Waals surface area contributed by atoms with E-state index in [0.29, 0.717) is 0 Å². The minimum Gasteiger partial charge on any atom is -0.0856 e. The van der Waals surface area contributed by atoms with Crippen LogP contribution in [0.3, 0.4) is 0 Å². The van der Waals surface area contributed by atoms with Gasteiger partial charge in [0.05, 0.1) is 0 Å². The Bertz CT molecular complexity index is 1710. The first kappa shape index (κ1) is 61.6. The van der Waals surface area contributed by atoms with Crippen molar-refractivity contribution >= 4 is 0 Å². The van der Waals surface area contributed by atoms with E-state index in [1.54, 1.807) is 0 Å². The highest BCUT2D eigenvalue weighted by atomic mass is 14.1. The van der Waals surface area contributed by atoms with Crippen LogP contribution >= 0.6 is 0 Å². The molecule has 0 amide bonds. The molecule has 0 aromatic rings. The molecule has 0 bridgehead atoms. The molecule has 65 heavy (non-hydrogen) atoms. The van der Waals surface area contributed by atoms with Crippen LogP contribution < -0.4 is 0 Å². The maximum Gasteiger partial charge on any atom is -0.0288 e. The highest BCUT2D eigenvalue weighted by Crippen LogP contribution is 2.19. The lowest BCUT2D eigenvalue weighted by Gasteiger charge is -2.04. The summed E-state index contributed by atoms with van der Waals surface area (Å²) in [6.07, 6.45) is 59.3. The third kappa shape index (κ3) is 41.8. The second kappa shape index (κ2) is 40.9. The zero-order chi connectivity index (χ0) is 48.7. The molecule has 0 N–H and O–H groups in total. The van der Waals surface area contributed by atoms with Gasteiger partial charge in [-0.25, -0.2) is 0 Å². The molecular formula is C65H105. The van der Waals surface area contributed by atoms with E-state index in [1.165, 1.54) is 156 Å². The Balaban J connectivity index is 4.29. The molecule has 0 nitrogen and oxygen atoms in total. The molecule has 0 unspecified atom stereocenters. The lowest BCUT2D eigenvalue weighted by molar-refractivity contribution is 0.878. The van der Waals surface area contributed by atoms with Crippen LogP contribution in [0.1, 0.15) is 251 Å². The Morgan fingerprint density at radius 3 is 0.446 bits per heavy atom. The van der Waals surface area contributed by atoms with E-state index in [0.717, 1.165) is 70.6 Å². The van der Waals surface area contributed by atoms with E-state index in [2.05, 4.69) is 177 Å². The molecule has 0 aromatic heterocycles. The predicted octanol–water partition coefficient (Wildman–Crippen LogP) is 22.5. The van der Waals surface area contributed by atoms with Crippen LogP contribution in [0.2, 0.25) is 0 Å². The standard InChI is InChI=1S/C65H105/c1-16-54(4)30-18-32-56(6)34-20-36-58(8)38-22-40-60(10)42-24-44-62(12)46-26-48-64(14)50-28-52-65(15)51-27-49-63(13)47-25-45-61(11)43-23-41-59(9)39-21-37-57(7)35-19-33-55(5)31-17-29-53(2)3/h16,29,32-33,36-37,40-41,44-45,48-49,52H,1,17-28,30-31,34-35,38-39,42-43,46-47,50-51H2,2-15H3/b54-16+,55-33+,56-32+,57-37+,58-36+,59-41+,60-40+,61-45+,62-44+,63-49+,64-48+,65-52+. The van der Waals surface area contributed by atoms with E-state index >= 15 is 0 Å². The highest BCUT2D eigenvalue weighted by Gasteiger charge is 1.99. The maximum absolute atomic E-state index is 3.86. The summed E-state index contributed by atoms with van der Waals surface area (Å²) in [5.41, 5.74) is 19.6. The molecule has 0 saturated carbocycles. The Hall–Kier alpha value is -3.38. The summed E-state index contributed by atoms with van der Waals surface area (Å²) in [6.45, 7) is 35.7. The predicted molar refractivity (Wildman–Crippen MR) is 301 cm³/mol. The van der Waals surface area contributed by atoms with Gasteiger partial charge in [-0.1, -0.05) is 151 Å². The molecule has 365 valence electrons. The molecule has 0 fully saturated rings.